The molecule has 4 aromatic rings. The number of hydrogen-bond donors (Lipinski definition) is 2. The summed E-state index contributed by atoms with van der Waals surface area (Å²) in [5.41, 5.74) is -3.34. The fourth-order valence-electron chi connectivity index (χ4n) is 8.03. The number of benzene rings is 4. The normalized spacial score (nSPS) is 25.1. The summed E-state index contributed by atoms with van der Waals surface area (Å²) >= 11 is 25.5. The highest BCUT2D eigenvalue weighted by molar-refractivity contribution is 6.33. The van der Waals surface area contributed by atoms with Gasteiger partial charge in [0.1, 0.15) is 10.8 Å². The Hall–Kier alpha value is -4.21. The summed E-state index contributed by atoms with van der Waals surface area (Å²) in [6, 6.07) is 21.1. The lowest BCUT2D eigenvalue weighted by molar-refractivity contribution is -0.150. The summed E-state index contributed by atoms with van der Waals surface area (Å²) in [6.45, 7) is 1.47. The van der Waals surface area contributed by atoms with Crippen LogP contribution in [-0.2, 0) is 30.0 Å². The van der Waals surface area contributed by atoms with Crippen molar-refractivity contribution in [2.75, 3.05) is 17.2 Å². The van der Waals surface area contributed by atoms with E-state index in [4.69, 9.17) is 51.1 Å². The summed E-state index contributed by atoms with van der Waals surface area (Å²) in [5, 5.41) is 6.79. The van der Waals surface area contributed by atoms with Gasteiger partial charge in [0.15, 0.2) is 11.6 Å². The molecule has 2 aliphatic heterocycles. The van der Waals surface area contributed by atoms with E-state index in [0.29, 0.717) is 10.0 Å². The van der Waals surface area contributed by atoms with Crippen molar-refractivity contribution in [1.29, 1.82) is 0 Å². The van der Waals surface area contributed by atoms with Gasteiger partial charge in [-0.25, -0.2) is 0 Å². The molecule has 242 valence electrons. The number of carbonyl (C=O) groups excluding carboxylic acids is 5. The average molecular weight is 722 g/mol. The smallest absolute Gasteiger partial charge is 0.310 e. The molecule has 1 fully saturated rings. The van der Waals surface area contributed by atoms with Crippen molar-refractivity contribution in [3.05, 3.63) is 127 Å². The molecule has 3 aliphatic rings. The maximum atomic E-state index is 15.1. The highest BCUT2D eigenvalue weighted by Gasteiger charge is 2.83. The van der Waals surface area contributed by atoms with E-state index in [0.717, 1.165) is 0 Å². The molecule has 2 amide bonds. The molecule has 2 heterocycles. The van der Waals surface area contributed by atoms with E-state index >= 15 is 19.2 Å². The van der Waals surface area contributed by atoms with E-state index in [2.05, 4.69) is 10.6 Å². The van der Waals surface area contributed by atoms with Crippen LogP contribution >= 0.6 is 46.4 Å². The molecule has 4 aromatic carbocycles. The zero-order chi connectivity index (χ0) is 34.1. The third kappa shape index (κ3) is 4.39. The maximum absolute atomic E-state index is 15.1. The Labute approximate surface area is 294 Å². The molecule has 1 aliphatic carbocycles. The molecule has 7 rings (SSSR count). The van der Waals surface area contributed by atoms with Gasteiger partial charge in [-0.1, -0.05) is 46.4 Å². The standard InChI is InChI=1S/C36H24Cl4N2O6/c1-2-48-32(45)27-28(30(43)17-3-7-19(37)8-4-17)35(23-15-21(39)11-13-25(23)41-33(35)46)36(24-16-22(40)12-14-26(24)42-34(36)47)29(27)31(44)18-5-9-20(38)10-6-18/h3-16,27-29H,2H2,1H3,(H,41,46)(H,42,47). The zero-order valence-corrected chi connectivity index (χ0v) is 28.0. The number of esters is 1. The maximum Gasteiger partial charge on any atom is 0.310 e. The Bertz CT molecular complexity index is 1930. The number of carbonyl (C=O) groups is 5. The van der Waals surface area contributed by atoms with Gasteiger partial charge in [0.25, 0.3) is 0 Å². The molecule has 0 bridgehead atoms. The number of nitrogens with one attached hydrogen (secondary N) is 2. The lowest BCUT2D eigenvalue weighted by atomic mass is 9.53. The third-order valence-corrected chi connectivity index (χ3v) is 10.7. The highest BCUT2D eigenvalue weighted by atomic mass is 35.5. The predicted octanol–water partition coefficient (Wildman–Crippen LogP) is 7.57. The highest BCUT2D eigenvalue weighted by Crippen LogP contribution is 2.71. The Morgan fingerprint density at radius 1 is 0.625 bits per heavy atom. The van der Waals surface area contributed by atoms with Crippen molar-refractivity contribution in [1.82, 2.24) is 0 Å². The van der Waals surface area contributed by atoms with Crippen molar-refractivity contribution in [2.24, 2.45) is 17.8 Å². The van der Waals surface area contributed by atoms with E-state index in [1.54, 1.807) is 31.2 Å². The minimum Gasteiger partial charge on any atom is -0.466 e. The van der Waals surface area contributed by atoms with Crippen LogP contribution in [0, 0.1) is 17.8 Å². The minimum absolute atomic E-state index is 0.0980. The monoisotopic (exact) mass is 720 g/mol. The van der Waals surface area contributed by atoms with E-state index in [9.17, 15) is 4.79 Å². The number of ether oxygens (including phenoxy) is 1. The number of halogens is 4. The summed E-state index contributed by atoms with van der Waals surface area (Å²) in [4.78, 5) is 74.7. The third-order valence-electron chi connectivity index (χ3n) is 9.68. The van der Waals surface area contributed by atoms with Gasteiger partial charge in [-0.3, -0.25) is 24.0 Å². The van der Waals surface area contributed by atoms with Gasteiger partial charge < -0.3 is 15.4 Å². The van der Waals surface area contributed by atoms with Crippen LogP contribution in [0.5, 0.6) is 0 Å². The van der Waals surface area contributed by atoms with Crippen LogP contribution in [0.3, 0.4) is 0 Å². The molecular weight excluding hydrogens is 698 g/mol. The number of anilines is 2. The number of Topliss-reactive ketones (excluding diaryl/α,β-unsaturated/α-hetero) is 2. The first-order valence-electron chi connectivity index (χ1n) is 15.0. The fourth-order valence-corrected chi connectivity index (χ4v) is 8.63. The number of amides is 2. The molecule has 0 saturated heterocycles. The summed E-state index contributed by atoms with van der Waals surface area (Å²) in [6.07, 6.45) is 0. The number of rotatable bonds is 6. The van der Waals surface area contributed by atoms with Crippen LogP contribution in [-0.4, -0.2) is 36.0 Å². The molecule has 2 N–H and O–H groups in total. The van der Waals surface area contributed by atoms with Gasteiger partial charge in [-0.2, -0.15) is 0 Å². The van der Waals surface area contributed by atoms with Crippen molar-refractivity contribution in [3.63, 3.8) is 0 Å². The van der Waals surface area contributed by atoms with E-state index in [1.165, 1.54) is 60.7 Å². The van der Waals surface area contributed by atoms with E-state index in [1.807, 2.05) is 0 Å². The van der Waals surface area contributed by atoms with Gasteiger partial charge in [0.2, 0.25) is 11.8 Å². The number of ketones is 2. The van der Waals surface area contributed by atoms with Crippen LogP contribution < -0.4 is 10.6 Å². The number of fused-ring (bicyclic) bond motifs is 5. The first-order valence-corrected chi connectivity index (χ1v) is 16.5. The lowest BCUT2D eigenvalue weighted by Crippen LogP contribution is -2.60. The molecular formula is C36H24Cl4N2O6. The summed E-state index contributed by atoms with van der Waals surface area (Å²) in [5.74, 6) is -8.79. The molecule has 8 nitrogen and oxygen atoms in total. The Balaban J connectivity index is 1.67. The Morgan fingerprint density at radius 3 is 1.38 bits per heavy atom. The summed E-state index contributed by atoms with van der Waals surface area (Å²) < 4.78 is 5.59. The quantitative estimate of drug-likeness (QED) is 0.157. The van der Waals surface area contributed by atoms with Crippen molar-refractivity contribution in [3.8, 4) is 0 Å². The molecule has 4 atom stereocenters. The van der Waals surface area contributed by atoms with Gasteiger partial charge in [0, 0.05) is 42.6 Å². The first kappa shape index (κ1) is 32.3. The molecule has 0 aromatic heterocycles. The SMILES string of the molecule is CCOC(=O)C1C(C(=O)c2ccc(Cl)cc2)C2(C(=O)Nc3ccc(Cl)cc32)C2(C(=O)Nc3ccc(Cl)cc32)C1C(=O)c1ccc(Cl)cc1. The second-order valence-electron chi connectivity index (χ2n) is 11.9. The van der Waals surface area contributed by atoms with Crippen molar-refractivity contribution < 1.29 is 28.7 Å². The van der Waals surface area contributed by atoms with Crippen LogP contribution in [0.4, 0.5) is 11.4 Å². The fraction of sp³-hybridized carbons (Fsp3) is 0.194. The molecule has 12 heteroatoms. The first-order chi connectivity index (χ1) is 23.0. The minimum atomic E-state index is -2.21. The van der Waals surface area contributed by atoms with E-state index in [-0.39, 0.29) is 50.3 Å². The van der Waals surface area contributed by atoms with Crippen molar-refractivity contribution in [2.45, 2.75) is 17.8 Å². The molecule has 2 spiro atoms. The van der Waals surface area contributed by atoms with Gasteiger partial charge in [0.05, 0.1) is 24.4 Å². The lowest BCUT2D eigenvalue weighted by Gasteiger charge is -2.42. The second-order valence-corrected chi connectivity index (χ2v) is 13.6. The summed E-state index contributed by atoms with van der Waals surface area (Å²) in [7, 11) is 0. The Morgan fingerprint density at radius 2 is 1.00 bits per heavy atom. The Kier molecular flexibility index (Phi) is 7.91. The van der Waals surface area contributed by atoms with Crippen LogP contribution in [0.1, 0.15) is 38.8 Å². The second kappa shape index (κ2) is 11.7. The number of hydrogen-bond acceptors (Lipinski definition) is 6. The largest absolute Gasteiger partial charge is 0.466 e. The van der Waals surface area contributed by atoms with Gasteiger partial charge >= 0.3 is 5.97 Å². The van der Waals surface area contributed by atoms with Crippen molar-refractivity contribution >= 4 is 87.1 Å². The van der Waals surface area contributed by atoms with Crippen LogP contribution in [0.15, 0.2) is 84.9 Å². The zero-order valence-electron chi connectivity index (χ0n) is 25.0. The van der Waals surface area contributed by atoms with Gasteiger partial charge in [-0.05, 0) is 103 Å². The van der Waals surface area contributed by atoms with Crippen LogP contribution in [0.2, 0.25) is 20.1 Å². The molecule has 48 heavy (non-hydrogen) atoms. The predicted molar refractivity (Wildman–Crippen MR) is 182 cm³/mol. The molecule has 1 saturated carbocycles. The van der Waals surface area contributed by atoms with Crippen LogP contribution in [0.25, 0.3) is 0 Å². The average Bonchev–Trinajstić information content (AvgIpc) is 3.63. The topological polar surface area (TPSA) is 119 Å². The van der Waals surface area contributed by atoms with Gasteiger partial charge in [-0.15, -0.1) is 0 Å². The molecule has 0 radical (unpaired) electrons. The molecule has 4 unspecified atom stereocenters. The van der Waals surface area contributed by atoms with E-state index < -0.39 is 57.9 Å².